The van der Waals surface area contributed by atoms with Gasteiger partial charge >= 0.3 is 0 Å². The molecule has 0 aromatic carbocycles. The molecule has 0 bridgehead atoms. The minimum atomic E-state index is -3.32. The number of morpholine rings is 1. The van der Waals surface area contributed by atoms with Gasteiger partial charge in [0, 0.05) is 27.2 Å². The molecule has 0 aromatic heterocycles. The molecule has 1 unspecified atom stereocenters. The van der Waals surface area contributed by atoms with Gasteiger partial charge in [-0.3, -0.25) is 4.79 Å². The van der Waals surface area contributed by atoms with Gasteiger partial charge in [0.15, 0.2) is 5.60 Å². The van der Waals surface area contributed by atoms with E-state index in [2.05, 4.69) is 0 Å². The zero-order chi connectivity index (χ0) is 14.7. The first-order valence-electron chi connectivity index (χ1n) is 6.04. The van der Waals surface area contributed by atoms with E-state index < -0.39 is 15.6 Å². The van der Waals surface area contributed by atoms with Crippen molar-refractivity contribution in [2.75, 3.05) is 53.3 Å². The maximum Gasteiger partial charge on any atom is 0.255 e. The molecular formula is C11H22N2O5S. The molecule has 0 saturated carbocycles. The van der Waals surface area contributed by atoms with E-state index in [1.54, 1.807) is 21.1 Å². The number of amides is 1. The first kappa shape index (κ1) is 16.4. The molecule has 0 N–H and O–H groups in total. The van der Waals surface area contributed by atoms with Crippen molar-refractivity contribution in [3.63, 3.8) is 0 Å². The second kappa shape index (κ2) is 6.17. The van der Waals surface area contributed by atoms with Crippen LogP contribution in [0.25, 0.3) is 0 Å². The fourth-order valence-corrected chi connectivity index (χ4v) is 2.87. The van der Waals surface area contributed by atoms with Crippen LogP contribution in [0.2, 0.25) is 0 Å². The van der Waals surface area contributed by atoms with Gasteiger partial charge in [-0.2, -0.15) is 4.31 Å². The highest BCUT2D eigenvalue weighted by molar-refractivity contribution is 7.88. The van der Waals surface area contributed by atoms with Crippen LogP contribution >= 0.6 is 0 Å². The van der Waals surface area contributed by atoms with Gasteiger partial charge in [0.05, 0.1) is 26.0 Å². The zero-order valence-corrected chi connectivity index (χ0v) is 12.7. The number of rotatable bonds is 5. The van der Waals surface area contributed by atoms with Gasteiger partial charge in [0.2, 0.25) is 10.0 Å². The van der Waals surface area contributed by atoms with E-state index in [1.165, 1.54) is 9.21 Å². The van der Waals surface area contributed by atoms with E-state index in [1.807, 2.05) is 0 Å². The van der Waals surface area contributed by atoms with E-state index in [0.717, 1.165) is 6.26 Å². The quantitative estimate of drug-likeness (QED) is 0.659. The summed E-state index contributed by atoms with van der Waals surface area (Å²) in [5.41, 5.74) is -1.14. The average molecular weight is 294 g/mol. The maximum absolute atomic E-state index is 12.3. The molecule has 0 spiro atoms. The minimum absolute atomic E-state index is 0.0436. The van der Waals surface area contributed by atoms with Gasteiger partial charge in [-0.25, -0.2) is 8.42 Å². The molecule has 1 rings (SSSR count). The van der Waals surface area contributed by atoms with Crippen LogP contribution in [0, 0.1) is 0 Å². The highest BCUT2D eigenvalue weighted by Crippen LogP contribution is 2.21. The lowest BCUT2D eigenvalue weighted by Gasteiger charge is -2.39. The number of carbonyl (C=O) groups is 1. The monoisotopic (exact) mass is 294 g/mol. The van der Waals surface area contributed by atoms with Crippen LogP contribution in [0.15, 0.2) is 0 Å². The van der Waals surface area contributed by atoms with E-state index in [0.29, 0.717) is 13.2 Å². The Balaban J connectivity index is 2.76. The fraction of sp³-hybridized carbons (Fsp3) is 0.909. The predicted molar refractivity (Wildman–Crippen MR) is 70.3 cm³/mol. The predicted octanol–water partition coefficient (Wildman–Crippen LogP) is -0.858. The van der Waals surface area contributed by atoms with Crippen molar-refractivity contribution >= 4 is 15.9 Å². The molecule has 1 aliphatic rings. The van der Waals surface area contributed by atoms with Crippen LogP contribution in [0.5, 0.6) is 0 Å². The number of hydrogen-bond acceptors (Lipinski definition) is 5. The number of methoxy groups -OCH3 is 1. The molecule has 0 aliphatic carbocycles. The van der Waals surface area contributed by atoms with Crippen molar-refractivity contribution in [1.29, 1.82) is 0 Å². The van der Waals surface area contributed by atoms with Gasteiger partial charge in [-0.1, -0.05) is 0 Å². The van der Waals surface area contributed by atoms with Crippen molar-refractivity contribution < 1.29 is 22.7 Å². The lowest BCUT2D eigenvalue weighted by Crippen LogP contribution is -2.59. The number of nitrogens with zero attached hydrogens (tertiary/aromatic N) is 2. The van der Waals surface area contributed by atoms with Crippen LogP contribution in [0.1, 0.15) is 6.92 Å². The summed E-state index contributed by atoms with van der Waals surface area (Å²) in [4.78, 5) is 13.8. The third-order valence-corrected chi connectivity index (χ3v) is 4.39. The summed E-state index contributed by atoms with van der Waals surface area (Å²) >= 11 is 0. The van der Waals surface area contributed by atoms with Crippen LogP contribution < -0.4 is 0 Å². The summed E-state index contributed by atoms with van der Waals surface area (Å²) in [5.74, 6) is -0.238. The number of likely N-dealkylation sites (N-methyl/N-ethyl adjacent to an activating group) is 1. The molecule has 0 radical (unpaired) electrons. The minimum Gasteiger partial charge on any atom is -0.383 e. The Kier molecular flexibility index (Phi) is 5.31. The molecule has 1 amide bonds. The fourth-order valence-electron chi connectivity index (χ4n) is 1.98. The van der Waals surface area contributed by atoms with Crippen molar-refractivity contribution in [2.24, 2.45) is 0 Å². The number of sulfonamides is 1. The smallest absolute Gasteiger partial charge is 0.255 e. The molecule has 8 heteroatoms. The average Bonchev–Trinajstić information content (AvgIpc) is 2.34. The van der Waals surface area contributed by atoms with Crippen LogP contribution in [-0.2, 0) is 24.3 Å². The molecule has 19 heavy (non-hydrogen) atoms. The van der Waals surface area contributed by atoms with Crippen LogP contribution in [0.3, 0.4) is 0 Å². The van der Waals surface area contributed by atoms with Gasteiger partial charge in [-0.15, -0.1) is 0 Å². The molecule has 0 aromatic rings. The first-order chi connectivity index (χ1) is 8.70. The second-order valence-corrected chi connectivity index (χ2v) is 6.88. The maximum atomic E-state index is 12.3. The van der Waals surface area contributed by atoms with Gasteiger partial charge in [-0.05, 0) is 6.92 Å². The van der Waals surface area contributed by atoms with Gasteiger partial charge in [0.25, 0.3) is 5.91 Å². The Morgan fingerprint density at radius 3 is 2.68 bits per heavy atom. The molecule has 1 saturated heterocycles. The normalized spacial score (nSPS) is 25.3. The van der Waals surface area contributed by atoms with Crippen LogP contribution in [-0.4, -0.2) is 82.4 Å². The van der Waals surface area contributed by atoms with Gasteiger partial charge in [0.1, 0.15) is 0 Å². The highest BCUT2D eigenvalue weighted by atomic mass is 32.2. The second-order valence-electron chi connectivity index (χ2n) is 4.90. The lowest BCUT2D eigenvalue weighted by atomic mass is 10.0. The molecular weight excluding hydrogens is 272 g/mol. The highest BCUT2D eigenvalue weighted by Gasteiger charge is 2.43. The summed E-state index contributed by atoms with van der Waals surface area (Å²) in [6.45, 7) is 3.02. The number of hydrogen-bond donors (Lipinski definition) is 0. The number of ether oxygens (including phenoxy) is 2. The Bertz CT molecular complexity index is 425. The molecule has 1 aliphatic heterocycles. The van der Waals surface area contributed by atoms with Gasteiger partial charge < -0.3 is 14.4 Å². The topological polar surface area (TPSA) is 76.2 Å². The Morgan fingerprint density at radius 1 is 1.53 bits per heavy atom. The van der Waals surface area contributed by atoms with Crippen molar-refractivity contribution in [2.45, 2.75) is 12.5 Å². The van der Waals surface area contributed by atoms with Crippen LogP contribution in [0.4, 0.5) is 0 Å². The molecule has 1 fully saturated rings. The Labute approximate surface area is 114 Å². The molecule has 7 nitrogen and oxygen atoms in total. The third kappa shape index (κ3) is 4.13. The summed E-state index contributed by atoms with van der Waals surface area (Å²) < 4.78 is 34.8. The standard InChI is InChI=1S/C11H22N2O5S/c1-11(10(14)12(2)5-7-17-3)9-13(6-8-18-11)19(4,15)16/h5-9H2,1-4H3. The SMILES string of the molecule is COCCN(C)C(=O)C1(C)CN(S(C)(=O)=O)CCO1. The first-order valence-corrected chi connectivity index (χ1v) is 7.89. The zero-order valence-electron chi connectivity index (χ0n) is 11.9. The van der Waals surface area contributed by atoms with Crippen molar-refractivity contribution in [3.8, 4) is 0 Å². The molecule has 1 atom stereocenters. The van der Waals surface area contributed by atoms with Crippen molar-refractivity contribution in [3.05, 3.63) is 0 Å². The summed E-state index contributed by atoms with van der Waals surface area (Å²) in [6.07, 6.45) is 1.14. The molecule has 1 heterocycles. The Hall–Kier alpha value is -0.700. The van der Waals surface area contributed by atoms with E-state index in [4.69, 9.17) is 9.47 Å². The largest absolute Gasteiger partial charge is 0.383 e. The molecule has 112 valence electrons. The van der Waals surface area contributed by atoms with E-state index >= 15 is 0 Å². The summed E-state index contributed by atoms with van der Waals surface area (Å²) in [7, 11) is -0.109. The Morgan fingerprint density at radius 2 is 2.16 bits per heavy atom. The van der Waals surface area contributed by atoms with Crippen molar-refractivity contribution in [1.82, 2.24) is 9.21 Å². The lowest BCUT2D eigenvalue weighted by molar-refractivity contribution is -0.162. The number of carbonyl (C=O) groups excluding carboxylic acids is 1. The summed E-state index contributed by atoms with van der Waals surface area (Å²) in [6, 6.07) is 0. The van der Waals surface area contributed by atoms with E-state index in [-0.39, 0.29) is 25.6 Å². The third-order valence-electron chi connectivity index (χ3n) is 3.14. The summed E-state index contributed by atoms with van der Waals surface area (Å²) in [5, 5.41) is 0. The van der Waals surface area contributed by atoms with E-state index in [9.17, 15) is 13.2 Å².